The first-order chi connectivity index (χ1) is 15.4. The Morgan fingerprint density at radius 3 is 2.62 bits per heavy atom. The Balaban J connectivity index is 1.86. The zero-order valence-electron chi connectivity index (χ0n) is 19.4. The van der Waals surface area contributed by atoms with Crippen molar-refractivity contribution in [2.75, 3.05) is 26.5 Å². The van der Waals surface area contributed by atoms with Crippen LogP contribution in [-0.2, 0) is 13.1 Å². The first-order valence-corrected chi connectivity index (χ1v) is 11.7. The average Bonchev–Trinajstić information content (AvgIpc) is 3.17. The molecule has 3 rings (SSSR count). The molecule has 8 heteroatoms. The summed E-state index contributed by atoms with van der Waals surface area (Å²) in [5.74, 6) is 3.80. The number of para-hydroxylation sites is 1. The van der Waals surface area contributed by atoms with E-state index in [4.69, 9.17) is 9.47 Å². The standard InChI is InChI=1S/C24H32N4O3S/c1-6-31-21-12-7-9-18(23(21)29)14-27(4)15-22-25-26-24(32-16-17(2)3)28(22)19-10-8-11-20(13-19)30-5/h7-13,17,29H,6,14-16H2,1-5H3. The van der Waals surface area contributed by atoms with Crippen LogP contribution in [0.2, 0.25) is 0 Å². The molecule has 7 nitrogen and oxygen atoms in total. The van der Waals surface area contributed by atoms with Crippen LogP contribution in [0.3, 0.4) is 0 Å². The summed E-state index contributed by atoms with van der Waals surface area (Å²) in [5.41, 5.74) is 1.77. The molecule has 0 radical (unpaired) electrons. The molecule has 0 amide bonds. The van der Waals surface area contributed by atoms with E-state index in [1.165, 1.54) is 0 Å². The fourth-order valence-electron chi connectivity index (χ4n) is 3.30. The second kappa shape index (κ2) is 11.2. The third-order valence-electron chi connectivity index (χ3n) is 4.79. The molecular weight excluding hydrogens is 424 g/mol. The van der Waals surface area contributed by atoms with Gasteiger partial charge in [-0.2, -0.15) is 0 Å². The summed E-state index contributed by atoms with van der Waals surface area (Å²) in [5, 5.41) is 20.4. The first-order valence-electron chi connectivity index (χ1n) is 10.8. The summed E-state index contributed by atoms with van der Waals surface area (Å²) in [6, 6.07) is 13.5. The number of methoxy groups -OCH3 is 1. The molecule has 0 spiro atoms. The highest BCUT2D eigenvalue weighted by Crippen LogP contribution is 2.31. The highest BCUT2D eigenvalue weighted by atomic mass is 32.2. The normalized spacial score (nSPS) is 11.3. The van der Waals surface area contributed by atoms with Crippen molar-refractivity contribution in [3.63, 3.8) is 0 Å². The van der Waals surface area contributed by atoms with E-state index < -0.39 is 0 Å². The quantitative estimate of drug-likeness (QED) is 0.417. The third kappa shape index (κ3) is 5.95. The molecule has 0 saturated carbocycles. The van der Waals surface area contributed by atoms with E-state index in [9.17, 15) is 5.11 Å². The molecule has 0 aliphatic heterocycles. The predicted molar refractivity (Wildman–Crippen MR) is 128 cm³/mol. The molecule has 2 aromatic carbocycles. The molecule has 1 heterocycles. The Morgan fingerprint density at radius 2 is 1.91 bits per heavy atom. The van der Waals surface area contributed by atoms with Gasteiger partial charge in [-0.3, -0.25) is 9.47 Å². The van der Waals surface area contributed by atoms with Crippen LogP contribution in [0.4, 0.5) is 0 Å². The van der Waals surface area contributed by atoms with Crippen LogP contribution in [0.1, 0.15) is 32.2 Å². The van der Waals surface area contributed by atoms with Gasteiger partial charge in [0.25, 0.3) is 0 Å². The molecule has 32 heavy (non-hydrogen) atoms. The number of phenols is 1. The lowest BCUT2D eigenvalue weighted by molar-refractivity contribution is 0.291. The van der Waals surface area contributed by atoms with Gasteiger partial charge in [0.1, 0.15) is 5.75 Å². The predicted octanol–water partition coefficient (Wildman–Crippen LogP) is 4.76. The fraction of sp³-hybridized carbons (Fsp3) is 0.417. The lowest BCUT2D eigenvalue weighted by atomic mass is 10.1. The van der Waals surface area contributed by atoms with Gasteiger partial charge in [0.2, 0.25) is 0 Å². The minimum Gasteiger partial charge on any atom is -0.504 e. The Labute approximate surface area is 194 Å². The van der Waals surface area contributed by atoms with Crippen LogP contribution in [0.25, 0.3) is 5.69 Å². The van der Waals surface area contributed by atoms with Gasteiger partial charge in [-0.05, 0) is 38.1 Å². The number of hydrogen-bond acceptors (Lipinski definition) is 7. The molecule has 3 aromatic rings. The summed E-state index contributed by atoms with van der Waals surface area (Å²) in [6.45, 7) is 7.90. The van der Waals surface area contributed by atoms with E-state index in [0.717, 1.165) is 33.7 Å². The van der Waals surface area contributed by atoms with Crippen molar-refractivity contribution in [2.45, 2.75) is 39.0 Å². The van der Waals surface area contributed by atoms with Crippen LogP contribution in [0.5, 0.6) is 17.2 Å². The molecule has 0 aliphatic carbocycles. The lowest BCUT2D eigenvalue weighted by Gasteiger charge is -2.19. The minimum atomic E-state index is 0.184. The molecular formula is C24H32N4O3S. The van der Waals surface area contributed by atoms with E-state index in [0.29, 0.717) is 31.4 Å². The number of nitrogens with zero attached hydrogens (tertiary/aromatic N) is 4. The molecule has 0 atom stereocenters. The van der Waals surface area contributed by atoms with Crippen LogP contribution < -0.4 is 9.47 Å². The van der Waals surface area contributed by atoms with E-state index >= 15 is 0 Å². The highest BCUT2D eigenvalue weighted by Gasteiger charge is 2.18. The zero-order valence-corrected chi connectivity index (χ0v) is 20.2. The van der Waals surface area contributed by atoms with E-state index in [-0.39, 0.29) is 5.75 Å². The number of rotatable bonds is 11. The maximum Gasteiger partial charge on any atom is 0.195 e. The molecule has 0 saturated heterocycles. The van der Waals surface area contributed by atoms with Gasteiger partial charge < -0.3 is 14.6 Å². The number of ether oxygens (including phenoxy) is 2. The molecule has 1 N–H and O–H groups in total. The Hall–Kier alpha value is -2.71. The monoisotopic (exact) mass is 456 g/mol. The summed E-state index contributed by atoms with van der Waals surface area (Å²) >= 11 is 1.70. The molecule has 172 valence electrons. The van der Waals surface area contributed by atoms with Crippen molar-refractivity contribution in [1.82, 2.24) is 19.7 Å². The number of phenolic OH excluding ortho intramolecular Hbond substituents is 1. The summed E-state index contributed by atoms with van der Waals surface area (Å²) in [4.78, 5) is 2.10. The summed E-state index contributed by atoms with van der Waals surface area (Å²) in [7, 11) is 3.66. The second-order valence-corrected chi connectivity index (χ2v) is 9.00. The SMILES string of the molecule is CCOc1cccc(CN(C)Cc2nnc(SCC(C)C)n2-c2cccc(OC)c2)c1O. The smallest absolute Gasteiger partial charge is 0.195 e. The molecule has 0 aliphatic rings. The van der Waals surface area contributed by atoms with Crippen LogP contribution in [0, 0.1) is 5.92 Å². The number of aromatic nitrogens is 3. The lowest BCUT2D eigenvalue weighted by Crippen LogP contribution is -2.20. The highest BCUT2D eigenvalue weighted by molar-refractivity contribution is 7.99. The first kappa shape index (κ1) is 23.9. The van der Waals surface area contributed by atoms with Crippen LogP contribution in [0.15, 0.2) is 47.6 Å². The molecule has 0 bridgehead atoms. The fourth-order valence-corrected chi connectivity index (χ4v) is 4.22. The van der Waals surface area contributed by atoms with Gasteiger partial charge in [-0.15, -0.1) is 10.2 Å². The van der Waals surface area contributed by atoms with Gasteiger partial charge in [-0.1, -0.05) is 43.8 Å². The number of thioether (sulfide) groups is 1. The topological polar surface area (TPSA) is 72.6 Å². The van der Waals surface area contributed by atoms with Crippen molar-refractivity contribution in [2.24, 2.45) is 5.92 Å². The third-order valence-corrected chi connectivity index (χ3v) is 6.15. The maximum atomic E-state index is 10.5. The van der Waals surface area contributed by atoms with Crippen molar-refractivity contribution < 1.29 is 14.6 Å². The van der Waals surface area contributed by atoms with Crippen molar-refractivity contribution in [1.29, 1.82) is 0 Å². The van der Waals surface area contributed by atoms with Gasteiger partial charge in [-0.25, -0.2) is 0 Å². The largest absolute Gasteiger partial charge is 0.504 e. The van der Waals surface area contributed by atoms with E-state index in [2.05, 4.69) is 33.5 Å². The van der Waals surface area contributed by atoms with Gasteiger partial charge in [0.15, 0.2) is 22.5 Å². The van der Waals surface area contributed by atoms with E-state index in [1.807, 2.05) is 50.4 Å². The van der Waals surface area contributed by atoms with Crippen LogP contribution in [-0.4, -0.2) is 51.3 Å². The van der Waals surface area contributed by atoms with Crippen molar-refractivity contribution in [3.05, 3.63) is 53.9 Å². The maximum absolute atomic E-state index is 10.5. The molecule has 1 aromatic heterocycles. The van der Waals surface area contributed by atoms with Crippen LogP contribution >= 0.6 is 11.8 Å². The van der Waals surface area contributed by atoms with Gasteiger partial charge >= 0.3 is 0 Å². The summed E-state index contributed by atoms with van der Waals surface area (Å²) in [6.07, 6.45) is 0. The zero-order chi connectivity index (χ0) is 23.1. The number of aromatic hydroxyl groups is 1. The van der Waals surface area contributed by atoms with E-state index in [1.54, 1.807) is 24.9 Å². The Kier molecular flexibility index (Phi) is 8.41. The molecule has 0 fully saturated rings. The number of hydrogen-bond donors (Lipinski definition) is 1. The van der Waals surface area contributed by atoms with Crippen molar-refractivity contribution in [3.8, 4) is 22.9 Å². The van der Waals surface area contributed by atoms with Gasteiger partial charge in [0, 0.05) is 23.9 Å². The number of benzene rings is 2. The van der Waals surface area contributed by atoms with Gasteiger partial charge in [0.05, 0.1) is 25.9 Å². The van der Waals surface area contributed by atoms with Crippen molar-refractivity contribution >= 4 is 11.8 Å². The summed E-state index contributed by atoms with van der Waals surface area (Å²) < 4.78 is 13.0. The Bertz CT molecular complexity index is 1020. The minimum absolute atomic E-state index is 0.184. The average molecular weight is 457 g/mol. The molecule has 0 unspecified atom stereocenters. The second-order valence-electron chi connectivity index (χ2n) is 8.01. The Morgan fingerprint density at radius 1 is 1.12 bits per heavy atom.